The number of carbonyl (C=O) groups is 1. The molecule has 0 unspecified atom stereocenters. The van der Waals surface area contributed by atoms with Crippen molar-refractivity contribution in [3.8, 4) is 0 Å². The molecule has 2 rings (SSSR count). The van der Waals surface area contributed by atoms with Gasteiger partial charge in [-0.15, -0.1) is 24.1 Å². The maximum absolute atomic E-state index is 12.2. The Labute approximate surface area is 132 Å². The quantitative estimate of drug-likeness (QED) is 0.641. The average molecular weight is 314 g/mol. The van der Waals surface area contributed by atoms with Gasteiger partial charge in [0.1, 0.15) is 0 Å². The predicted molar refractivity (Wildman–Crippen MR) is 84.8 cm³/mol. The number of nitrogens with zero attached hydrogens (tertiary/aromatic N) is 4. The van der Waals surface area contributed by atoms with E-state index in [1.807, 2.05) is 10.8 Å². The zero-order chi connectivity index (χ0) is 14.4. The van der Waals surface area contributed by atoms with E-state index in [0.717, 1.165) is 38.8 Å². The zero-order valence-corrected chi connectivity index (χ0v) is 13.3. The second-order valence-electron chi connectivity index (χ2n) is 5.22. The molecule has 1 saturated heterocycles. The number of allylic oxidation sites excluding steroid dienone is 1. The fourth-order valence-corrected chi connectivity index (χ4v) is 2.39. The molecule has 0 aliphatic carbocycles. The van der Waals surface area contributed by atoms with Crippen LogP contribution in [0.2, 0.25) is 0 Å². The number of rotatable bonds is 6. The summed E-state index contributed by atoms with van der Waals surface area (Å²) in [5, 5.41) is 11.5. The first-order chi connectivity index (χ1) is 9.72. The highest BCUT2D eigenvalue weighted by Crippen LogP contribution is 2.17. The summed E-state index contributed by atoms with van der Waals surface area (Å²) in [5.41, 5.74) is 0.435. The smallest absolute Gasteiger partial charge is 0.275 e. The van der Waals surface area contributed by atoms with Crippen LogP contribution in [0.25, 0.3) is 0 Å². The molecule has 0 radical (unpaired) electrons. The van der Waals surface area contributed by atoms with E-state index in [4.69, 9.17) is 0 Å². The van der Waals surface area contributed by atoms with Crippen molar-refractivity contribution in [1.29, 1.82) is 0 Å². The molecule has 0 spiro atoms. The van der Waals surface area contributed by atoms with Crippen LogP contribution in [0.15, 0.2) is 18.9 Å². The molecule has 0 bridgehead atoms. The van der Waals surface area contributed by atoms with E-state index in [0.29, 0.717) is 18.3 Å². The van der Waals surface area contributed by atoms with Crippen molar-refractivity contribution < 1.29 is 4.79 Å². The van der Waals surface area contributed by atoms with Gasteiger partial charge in [-0.1, -0.05) is 11.3 Å². The summed E-state index contributed by atoms with van der Waals surface area (Å²) in [7, 11) is 1.80. The highest BCUT2D eigenvalue weighted by Gasteiger charge is 2.20. The van der Waals surface area contributed by atoms with Gasteiger partial charge in [0, 0.05) is 13.6 Å². The van der Waals surface area contributed by atoms with Crippen LogP contribution in [0, 0.1) is 0 Å². The molecule has 1 aliphatic rings. The Kier molecular flexibility index (Phi) is 7.39. The maximum atomic E-state index is 12.2. The molecule has 1 aromatic heterocycles. The minimum Gasteiger partial charge on any atom is -0.340 e. The topological polar surface area (TPSA) is 63.1 Å². The van der Waals surface area contributed by atoms with E-state index in [1.165, 1.54) is 0 Å². The van der Waals surface area contributed by atoms with Crippen molar-refractivity contribution in [1.82, 2.24) is 25.2 Å². The summed E-state index contributed by atoms with van der Waals surface area (Å²) in [4.78, 5) is 13.9. The Morgan fingerprint density at radius 3 is 2.95 bits per heavy atom. The van der Waals surface area contributed by atoms with Gasteiger partial charge in [-0.05, 0) is 38.8 Å². The summed E-state index contributed by atoms with van der Waals surface area (Å²) < 4.78 is 1.84. The van der Waals surface area contributed by atoms with Gasteiger partial charge in [-0.25, -0.2) is 4.68 Å². The zero-order valence-electron chi connectivity index (χ0n) is 12.5. The predicted octanol–water partition coefficient (Wildman–Crippen LogP) is 1.66. The van der Waals surface area contributed by atoms with E-state index < -0.39 is 0 Å². The lowest BCUT2D eigenvalue weighted by Gasteiger charge is -2.22. The standard InChI is InChI=1S/C14H23N5O.ClH/c1-3-4-5-10-18(2)14(20)13-11-19(17-16-13)12-6-8-15-9-7-12;/h3,11-12,15H,1,4-10H2,2H3;1H. The van der Waals surface area contributed by atoms with E-state index in [1.54, 1.807) is 18.1 Å². The third-order valence-corrected chi connectivity index (χ3v) is 3.66. The highest BCUT2D eigenvalue weighted by atomic mass is 35.5. The number of hydrogen-bond acceptors (Lipinski definition) is 4. The third-order valence-electron chi connectivity index (χ3n) is 3.66. The summed E-state index contributed by atoms with van der Waals surface area (Å²) in [6, 6.07) is 0.358. The van der Waals surface area contributed by atoms with Gasteiger partial charge >= 0.3 is 0 Å². The molecule has 118 valence electrons. The van der Waals surface area contributed by atoms with Crippen LogP contribution in [0.4, 0.5) is 0 Å². The second-order valence-corrected chi connectivity index (χ2v) is 5.22. The van der Waals surface area contributed by atoms with Gasteiger partial charge in [-0.2, -0.15) is 0 Å². The number of amides is 1. The lowest BCUT2D eigenvalue weighted by atomic mass is 10.1. The van der Waals surface area contributed by atoms with E-state index in [-0.39, 0.29) is 18.3 Å². The van der Waals surface area contributed by atoms with Gasteiger partial charge in [0.15, 0.2) is 5.69 Å². The number of halogens is 1. The molecule has 0 atom stereocenters. The lowest BCUT2D eigenvalue weighted by molar-refractivity contribution is 0.0788. The van der Waals surface area contributed by atoms with Crippen LogP contribution in [0.3, 0.4) is 0 Å². The molecular formula is C14H24ClN5O. The molecule has 1 N–H and O–H groups in total. The van der Waals surface area contributed by atoms with E-state index >= 15 is 0 Å². The molecule has 1 amide bonds. The molecule has 1 fully saturated rings. The average Bonchev–Trinajstić information content (AvgIpc) is 2.97. The molecule has 0 saturated carbocycles. The van der Waals surface area contributed by atoms with Crippen molar-refractivity contribution in [2.45, 2.75) is 31.7 Å². The lowest BCUT2D eigenvalue weighted by Crippen LogP contribution is -2.30. The highest BCUT2D eigenvalue weighted by molar-refractivity contribution is 5.91. The fraction of sp³-hybridized carbons (Fsp3) is 0.643. The van der Waals surface area contributed by atoms with E-state index in [9.17, 15) is 4.79 Å². The Morgan fingerprint density at radius 2 is 2.29 bits per heavy atom. The van der Waals surface area contributed by atoms with Crippen LogP contribution in [0.1, 0.15) is 42.2 Å². The summed E-state index contributed by atoms with van der Waals surface area (Å²) in [6.07, 6.45) is 7.56. The number of nitrogens with one attached hydrogen (secondary N) is 1. The number of carbonyl (C=O) groups excluding carboxylic acids is 1. The number of piperidine rings is 1. The minimum absolute atomic E-state index is 0. The first kappa shape index (κ1) is 17.7. The molecule has 21 heavy (non-hydrogen) atoms. The van der Waals surface area contributed by atoms with Crippen molar-refractivity contribution in [2.24, 2.45) is 0 Å². The second kappa shape index (κ2) is 8.79. The van der Waals surface area contributed by atoms with Crippen LogP contribution in [-0.4, -0.2) is 52.5 Å². The molecule has 2 heterocycles. The van der Waals surface area contributed by atoms with Crippen molar-refractivity contribution in [2.75, 3.05) is 26.7 Å². The molecule has 6 nitrogen and oxygen atoms in total. The number of hydrogen-bond donors (Lipinski definition) is 1. The Hall–Kier alpha value is -1.40. The molecule has 7 heteroatoms. The first-order valence-corrected chi connectivity index (χ1v) is 7.21. The minimum atomic E-state index is -0.0609. The van der Waals surface area contributed by atoms with Gasteiger partial charge in [0.05, 0.1) is 12.2 Å². The van der Waals surface area contributed by atoms with Gasteiger partial charge < -0.3 is 10.2 Å². The Bertz CT molecular complexity index is 456. The van der Waals surface area contributed by atoms with Crippen molar-refractivity contribution in [3.63, 3.8) is 0 Å². The first-order valence-electron chi connectivity index (χ1n) is 7.21. The van der Waals surface area contributed by atoms with Crippen LogP contribution >= 0.6 is 12.4 Å². The summed E-state index contributed by atoms with van der Waals surface area (Å²) in [6.45, 7) is 6.39. The largest absolute Gasteiger partial charge is 0.340 e. The number of aromatic nitrogens is 3. The third kappa shape index (κ3) is 4.82. The van der Waals surface area contributed by atoms with E-state index in [2.05, 4.69) is 22.2 Å². The Balaban J connectivity index is 0.00000220. The van der Waals surface area contributed by atoms with Gasteiger partial charge in [0.2, 0.25) is 0 Å². The fourth-order valence-electron chi connectivity index (χ4n) is 2.39. The monoisotopic (exact) mass is 313 g/mol. The number of unbranched alkanes of at least 4 members (excludes halogenated alkanes) is 1. The molecule has 1 aromatic rings. The van der Waals surface area contributed by atoms with Crippen LogP contribution in [-0.2, 0) is 0 Å². The summed E-state index contributed by atoms with van der Waals surface area (Å²) >= 11 is 0. The Morgan fingerprint density at radius 1 is 1.57 bits per heavy atom. The molecule has 0 aromatic carbocycles. The van der Waals surface area contributed by atoms with Crippen LogP contribution < -0.4 is 5.32 Å². The van der Waals surface area contributed by atoms with Crippen LogP contribution in [0.5, 0.6) is 0 Å². The molecule has 1 aliphatic heterocycles. The van der Waals surface area contributed by atoms with Gasteiger partial charge in [-0.3, -0.25) is 4.79 Å². The van der Waals surface area contributed by atoms with Gasteiger partial charge in [0.25, 0.3) is 5.91 Å². The van der Waals surface area contributed by atoms with Crippen molar-refractivity contribution in [3.05, 3.63) is 24.5 Å². The van der Waals surface area contributed by atoms with Crippen molar-refractivity contribution >= 4 is 18.3 Å². The molecular weight excluding hydrogens is 290 g/mol. The SMILES string of the molecule is C=CCCCN(C)C(=O)c1cn(C2CCNCC2)nn1.Cl. The maximum Gasteiger partial charge on any atom is 0.275 e. The normalized spacial score (nSPS) is 15.3. The summed E-state index contributed by atoms with van der Waals surface area (Å²) in [5.74, 6) is -0.0609.